The highest BCUT2D eigenvalue weighted by Crippen LogP contribution is 2.22. The van der Waals surface area contributed by atoms with Gasteiger partial charge in [0, 0.05) is 26.2 Å². The van der Waals surface area contributed by atoms with Crippen LogP contribution in [0, 0.1) is 6.92 Å². The van der Waals surface area contributed by atoms with Gasteiger partial charge in [0.05, 0.1) is 17.9 Å². The molecule has 5 nitrogen and oxygen atoms in total. The maximum Gasteiger partial charge on any atom is 0.238 e. The minimum atomic E-state index is 0.00514. The summed E-state index contributed by atoms with van der Waals surface area (Å²) in [7, 11) is 2.10. The number of anilines is 2. The third-order valence-corrected chi connectivity index (χ3v) is 3.53. The Balaban J connectivity index is 1.91. The van der Waals surface area contributed by atoms with Crippen LogP contribution in [0.1, 0.15) is 5.56 Å². The number of amides is 1. The number of aryl methyl sites for hydroxylation is 1. The Bertz CT molecular complexity index is 433. The molecule has 19 heavy (non-hydrogen) atoms. The van der Waals surface area contributed by atoms with Crippen LogP contribution in [-0.2, 0) is 4.79 Å². The average molecular weight is 262 g/mol. The number of para-hydroxylation sites is 1. The normalized spacial score (nSPS) is 17.4. The summed E-state index contributed by atoms with van der Waals surface area (Å²) in [5, 5.41) is 2.92. The van der Waals surface area contributed by atoms with Crippen LogP contribution in [0.25, 0.3) is 0 Å². The number of nitrogens with two attached hydrogens (primary N) is 1. The lowest BCUT2D eigenvalue weighted by Crippen LogP contribution is -2.47. The van der Waals surface area contributed by atoms with Gasteiger partial charge in [-0.15, -0.1) is 0 Å². The highest BCUT2D eigenvalue weighted by Gasteiger charge is 2.17. The van der Waals surface area contributed by atoms with E-state index in [1.807, 2.05) is 19.1 Å². The first-order valence-electron chi connectivity index (χ1n) is 6.62. The summed E-state index contributed by atoms with van der Waals surface area (Å²) in [6.07, 6.45) is 0. The van der Waals surface area contributed by atoms with E-state index in [0.29, 0.717) is 12.2 Å². The van der Waals surface area contributed by atoms with Crippen molar-refractivity contribution < 1.29 is 4.79 Å². The molecule has 0 radical (unpaired) electrons. The highest BCUT2D eigenvalue weighted by molar-refractivity contribution is 5.96. The lowest BCUT2D eigenvalue weighted by molar-refractivity contribution is -0.117. The minimum Gasteiger partial charge on any atom is -0.397 e. The summed E-state index contributed by atoms with van der Waals surface area (Å²) in [6, 6.07) is 5.64. The number of nitrogen functional groups attached to an aromatic ring is 1. The van der Waals surface area contributed by atoms with Gasteiger partial charge in [-0.1, -0.05) is 12.1 Å². The number of carbonyl (C=O) groups excluding carboxylic acids is 1. The summed E-state index contributed by atoms with van der Waals surface area (Å²) in [5.74, 6) is 0.00514. The van der Waals surface area contributed by atoms with Gasteiger partial charge >= 0.3 is 0 Å². The van der Waals surface area contributed by atoms with Crippen LogP contribution in [-0.4, -0.2) is 55.5 Å². The zero-order valence-corrected chi connectivity index (χ0v) is 11.6. The van der Waals surface area contributed by atoms with E-state index in [1.54, 1.807) is 6.07 Å². The van der Waals surface area contributed by atoms with Gasteiger partial charge < -0.3 is 16.0 Å². The van der Waals surface area contributed by atoms with Crippen LogP contribution < -0.4 is 11.1 Å². The third-order valence-electron chi connectivity index (χ3n) is 3.53. The number of hydrogen-bond acceptors (Lipinski definition) is 4. The van der Waals surface area contributed by atoms with E-state index in [4.69, 9.17) is 5.73 Å². The lowest BCUT2D eigenvalue weighted by atomic mass is 10.1. The second-order valence-electron chi connectivity index (χ2n) is 5.17. The zero-order chi connectivity index (χ0) is 13.8. The Morgan fingerprint density at radius 1 is 1.32 bits per heavy atom. The number of hydrogen-bond donors (Lipinski definition) is 2. The van der Waals surface area contributed by atoms with Gasteiger partial charge in [-0.25, -0.2) is 0 Å². The standard InChI is InChI=1S/C14H22N4O/c1-11-4-3-5-12(15)14(11)16-13(19)10-18-8-6-17(2)7-9-18/h3-5H,6-10,15H2,1-2H3,(H,16,19). The molecule has 1 aliphatic heterocycles. The van der Waals surface area contributed by atoms with E-state index in [2.05, 4.69) is 22.2 Å². The second-order valence-corrected chi connectivity index (χ2v) is 5.17. The van der Waals surface area contributed by atoms with Crippen LogP contribution in [0.2, 0.25) is 0 Å². The van der Waals surface area contributed by atoms with E-state index >= 15 is 0 Å². The Morgan fingerprint density at radius 2 is 2.00 bits per heavy atom. The van der Waals surface area contributed by atoms with Gasteiger partial charge in [0.2, 0.25) is 5.91 Å². The molecule has 1 amide bonds. The van der Waals surface area contributed by atoms with Gasteiger partial charge in [-0.3, -0.25) is 9.69 Å². The van der Waals surface area contributed by atoms with Gasteiger partial charge in [0.1, 0.15) is 0 Å². The molecule has 0 bridgehead atoms. The quantitative estimate of drug-likeness (QED) is 0.790. The molecule has 1 aliphatic rings. The van der Waals surface area contributed by atoms with E-state index < -0.39 is 0 Å². The van der Waals surface area contributed by atoms with Crippen LogP contribution in [0.4, 0.5) is 11.4 Å². The summed E-state index contributed by atoms with van der Waals surface area (Å²) in [6.45, 7) is 6.28. The molecule has 1 saturated heterocycles. The van der Waals surface area contributed by atoms with E-state index in [0.717, 1.165) is 37.4 Å². The van der Waals surface area contributed by atoms with Gasteiger partial charge in [-0.05, 0) is 25.6 Å². The summed E-state index contributed by atoms with van der Waals surface area (Å²) in [5.41, 5.74) is 8.23. The number of rotatable bonds is 3. The molecule has 1 fully saturated rings. The van der Waals surface area contributed by atoms with Crippen molar-refractivity contribution in [1.29, 1.82) is 0 Å². The predicted molar refractivity (Wildman–Crippen MR) is 78.2 cm³/mol. The van der Waals surface area contributed by atoms with Crippen molar-refractivity contribution in [3.8, 4) is 0 Å². The summed E-state index contributed by atoms with van der Waals surface area (Å²) >= 11 is 0. The lowest BCUT2D eigenvalue weighted by Gasteiger charge is -2.31. The van der Waals surface area contributed by atoms with Crippen molar-refractivity contribution in [2.45, 2.75) is 6.92 Å². The number of benzene rings is 1. The number of nitrogens with one attached hydrogen (secondary N) is 1. The maximum atomic E-state index is 12.0. The van der Waals surface area contributed by atoms with Crippen molar-refractivity contribution in [2.75, 3.05) is 50.8 Å². The Kier molecular flexibility index (Phi) is 4.39. The molecule has 0 aliphatic carbocycles. The zero-order valence-electron chi connectivity index (χ0n) is 11.6. The molecule has 1 aromatic rings. The minimum absolute atomic E-state index is 0.00514. The highest BCUT2D eigenvalue weighted by atomic mass is 16.2. The summed E-state index contributed by atoms with van der Waals surface area (Å²) < 4.78 is 0. The Labute approximate surface area is 114 Å². The van der Waals surface area contributed by atoms with E-state index in [1.165, 1.54) is 0 Å². The molecule has 0 unspecified atom stereocenters. The SMILES string of the molecule is Cc1cccc(N)c1NC(=O)CN1CCN(C)CC1. The topological polar surface area (TPSA) is 61.6 Å². The monoisotopic (exact) mass is 262 g/mol. The smallest absolute Gasteiger partial charge is 0.238 e. The van der Waals surface area contributed by atoms with Crippen LogP contribution in [0.3, 0.4) is 0 Å². The van der Waals surface area contributed by atoms with Crippen molar-refractivity contribution in [3.05, 3.63) is 23.8 Å². The molecular weight excluding hydrogens is 240 g/mol. The molecule has 3 N–H and O–H groups in total. The molecule has 5 heteroatoms. The largest absolute Gasteiger partial charge is 0.397 e. The predicted octanol–water partition coefficient (Wildman–Crippen LogP) is 0.763. The molecule has 0 atom stereocenters. The van der Waals surface area contributed by atoms with Crippen LogP contribution in [0.15, 0.2) is 18.2 Å². The molecular formula is C14H22N4O. The Hall–Kier alpha value is -1.59. The number of nitrogens with zero attached hydrogens (tertiary/aromatic N) is 2. The van der Waals surface area contributed by atoms with Crippen LogP contribution in [0.5, 0.6) is 0 Å². The van der Waals surface area contributed by atoms with Gasteiger partial charge in [0.15, 0.2) is 0 Å². The van der Waals surface area contributed by atoms with E-state index in [-0.39, 0.29) is 5.91 Å². The molecule has 0 saturated carbocycles. The third kappa shape index (κ3) is 3.68. The first kappa shape index (κ1) is 13.8. The average Bonchev–Trinajstić information content (AvgIpc) is 2.37. The molecule has 1 aromatic carbocycles. The Morgan fingerprint density at radius 3 is 2.63 bits per heavy atom. The molecule has 0 spiro atoms. The van der Waals surface area contributed by atoms with Crippen molar-refractivity contribution in [2.24, 2.45) is 0 Å². The first-order chi connectivity index (χ1) is 9.06. The maximum absolute atomic E-state index is 12.0. The molecule has 1 heterocycles. The van der Waals surface area contributed by atoms with Crippen LogP contribution >= 0.6 is 0 Å². The molecule has 2 rings (SSSR count). The first-order valence-corrected chi connectivity index (χ1v) is 6.62. The fourth-order valence-corrected chi connectivity index (χ4v) is 2.25. The van der Waals surface area contributed by atoms with E-state index in [9.17, 15) is 4.79 Å². The number of likely N-dealkylation sites (N-methyl/N-ethyl adjacent to an activating group) is 1. The molecule has 0 aromatic heterocycles. The fraction of sp³-hybridized carbons (Fsp3) is 0.500. The second kappa shape index (κ2) is 6.04. The number of carbonyl (C=O) groups is 1. The van der Waals surface area contributed by atoms with Gasteiger partial charge in [0.25, 0.3) is 0 Å². The summed E-state index contributed by atoms with van der Waals surface area (Å²) in [4.78, 5) is 16.5. The molecule has 104 valence electrons. The number of piperazine rings is 1. The van der Waals surface area contributed by atoms with Crippen molar-refractivity contribution in [3.63, 3.8) is 0 Å². The van der Waals surface area contributed by atoms with Crippen molar-refractivity contribution >= 4 is 17.3 Å². The van der Waals surface area contributed by atoms with Crippen molar-refractivity contribution in [1.82, 2.24) is 9.80 Å². The fourth-order valence-electron chi connectivity index (χ4n) is 2.25. The van der Waals surface area contributed by atoms with Gasteiger partial charge in [-0.2, -0.15) is 0 Å².